The Morgan fingerprint density at radius 3 is 2.65 bits per heavy atom. The fourth-order valence-corrected chi connectivity index (χ4v) is 1.60. The van der Waals surface area contributed by atoms with Crippen LogP contribution in [-0.4, -0.2) is 61.1 Å². The number of nitrogens with zero attached hydrogens (tertiary/aromatic N) is 1. The van der Waals surface area contributed by atoms with Gasteiger partial charge in [0.1, 0.15) is 18.1 Å². The van der Waals surface area contributed by atoms with E-state index in [0.717, 1.165) is 0 Å². The second-order valence-electron chi connectivity index (χ2n) is 4.61. The SMILES string of the molecule is COc1cc(C(=O)NC[C@H](O)C(O)N(C)C)ccc1N. The summed E-state index contributed by atoms with van der Waals surface area (Å²) in [6.07, 6.45) is -2.12. The third-order valence-corrected chi connectivity index (χ3v) is 2.84. The van der Waals surface area contributed by atoms with Gasteiger partial charge in [-0.05, 0) is 32.3 Å². The number of amides is 1. The number of aliphatic hydroxyl groups is 2. The zero-order valence-corrected chi connectivity index (χ0v) is 11.8. The summed E-state index contributed by atoms with van der Waals surface area (Å²) in [5.74, 6) is 0.0276. The molecule has 0 bridgehead atoms. The number of nitrogens with one attached hydrogen (secondary N) is 1. The van der Waals surface area contributed by atoms with Crippen LogP contribution in [0.15, 0.2) is 18.2 Å². The number of aliphatic hydroxyl groups excluding tert-OH is 2. The van der Waals surface area contributed by atoms with Crippen LogP contribution in [0.4, 0.5) is 5.69 Å². The Morgan fingerprint density at radius 1 is 1.45 bits per heavy atom. The van der Waals surface area contributed by atoms with E-state index in [1.807, 2.05) is 0 Å². The van der Waals surface area contributed by atoms with E-state index in [2.05, 4.69) is 5.32 Å². The van der Waals surface area contributed by atoms with Crippen LogP contribution < -0.4 is 15.8 Å². The number of likely N-dealkylation sites (N-methyl/N-ethyl adjacent to an activating group) is 1. The van der Waals surface area contributed by atoms with Crippen LogP contribution in [-0.2, 0) is 0 Å². The lowest BCUT2D eigenvalue weighted by atomic mass is 10.1. The number of carbonyl (C=O) groups excluding carboxylic acids is 1. The van der Waals surface area contributed by atoms with Gasteiger partial charge in [0, 0.05) is 12.1 Å². The minimum atomic E-state index is -1.08. The van der Waals surface area contributed by atoms with Gasteiger partial charge in [0.2, 0.25) is 0 Å². The highest BCUT2D eigenvalue weighted by molar-refractivity contribution is 5.95. The third kappa shape index (κ3) is 4.09. The first kappa shape index (κ1) is 16.2. The van der Waals surface area contributed by atoms with Crippen LogP contribution in [0.3, 0.4) is 0 Å². The topological polar surface area (TPSA) is 108 Å². The highest BCUT2D eigenvalue weighted by Gasteiger charge is 2.19. The van der Waals surface area contributed by atoms with Crippen molar-refractivity contribution in [2.24, 2.45) is 0 Å². The summed E-state index contributed by atoms with van der Waals surface area (Å²) in [5, 5.41) is 21.8. The van der Waals surface area contributed by atoms with Gasteiger partial charge in [0.15, 0.2) is 0 Å². The van der Waals surface area contributed by atoms with Gasteiger partial charge in [-0.15, -0.1) is 0 Å². The molecule has 0 radical (unpaired) electrons. The molecule has 0 fully saturated rings. The van der Waals surface area contributed by atoms with Gasteiger partial charge in [0.05, 0.1) is 12.8 Å². The first-order valence-electron chi connectivity index (χ1n) is 6.11. The van der Waals surface area contributed by atoms with Crippen molar-refractivity contribution in [1.29, 1.82) is 0 Å². The minimum Gasteiger partial charge on any atom is -0.495 e. The molecule has 1 unspecified atom stereocenters. The van der Waals surface area contributed by atoms with E-state index in [1.54, 1.807) is 26.2 Å². The quantitative estimate of drug-likeness (QED) is 0.404. The molecule has 20 heavy (non-hydrogen) atoms. The predicted octanol–water partition coefficient (Wildman–Crippen LogP) is -0.752. The zero-order valence-electron chi connectivity index (χ0n) is 11.8. The molecule has 1 aromatic carbocycles. The lowest BCUT2D eigenvalue weighted by Gasteiger charge is -2.24. The number of ether oxygens (including phenoxy) is 1. The smallest absolute Gasteiger partial charge is 0.251 e. The molecule has 7 nitrogen and oxygen atoms in total. The number of methoxy groups -OCH3 is 1. The summed E-state index contributed by atoms with van der Waals surface area (Å²) in [6.45, 7) is -0.0646. The van der Waals surface area contributed by atoms with E-state index in [4.69, 9.17) is 10.5 Å². The third-order valence-electron chi connectivity index (χ3n) is 2.84. The van der Waals surface area contributed by atoms with Crippen molar-refractivity contribution in [3.8, 4) is 5.75 Å². The lowest BCUT2D eigenvalue weighted by molar-refractivity contribution is -0.0593. The summed E-state index contributed by atoms with van der Waals surface area (Å²) in [7, 11) is 4.71. The number of nitrogen functional groups attached to an aromatic ring is 1. The van der Waals surface area contributed by atoms with Crippen LogP contribution in [0.25, 0.3) is 0 Å². The van der Waals surface area contributed by atoms with Crippen molar-refractivity contribution in [2.45, 2.75) is 12.3 Å². The largest absolute Gasteiger partial charge is 0.495 e. The Bertz CT molecular complexity index is 465. The summed E-state index contributed by atoms with van der Waals surface area (Å²) in [6, 6.07) is 4.64. The lowest BCUT2D eigenvalue weighted by Crippen LogP contribution is -2.45. The number of nitrogens with two attached hydrogens (primary N) is 1. The predicted molar refractivity (Wildman–Crippen MR) is 75.4 cm³/mol. The molecule has 0 heterocycles. The Hall–Kier alpha value is -1.83. The fraction of sp³-hybridized carbons (Fsp3) is 0.462. The van der Waals surface area contributed by atoms with E-state index in [-0.39, 0.29) is 12.5 Å². The average molecular weight is 283 g/mol. The van der Waals surface area contributed by atoms with Crippen molar-refractivity contribution in [1.82, 2.24) is 10.2 Å². The van der Waals surface area contributed by atoms with Gasteiger partial charge in [-0.2, -0.15) is 0 Å². The number of rotatable bonds is 6. The van der Waals surface area contributed by atoms with Crippen LogP contribution in [0.1, 0.15) is 10.4 Å². The molecule has 0 aromatic heterocycles. The number of carbonyl (C=O) groups is 1. The van der Waals surface area contributed by atoms with Crippen LogP contribution in [0.5, 0.6) is 5.75 Å². The first-order valence-corrected chi connectivity index (χ1v) is 6.11. The number of hydrogen-bond donors (Lipinski definition) is 4. The molecule has 0 saturated carbocycles. The number of benzene rings is 1. The summed E-state index contributed by atoms with van der Waals surface area (Å²) < 4.78 is 5.03. The Labute approximate surface area is 117 Å². The molecular weight excluding hydrogens is 262 g/mol. The van der Waals surface area contributed by atoms with Crippen LogP contribution in [0, 0.1) is 0 Å². The Morgan fingerprint density at radius 2 is 2.10 bits per heavy atom. The van der Waals surface area contributed by atoms with Crippen LogP contribution in [0.2, 0.25) is 0 Å². The summed E-state index contributed by atoms with van der Waals surface area (Å²) >= 11 is 0. The normalized spacial score (nSPS) is 13.9. The molecular formula is C13H21N3O4. The van der Waals surface area contributed by atoms with E-state index in [0.29, 0.717) is 17.0 Å². The van der Waals surface area contributed by atoms with Gasteiger partial charge in [-0.1, -0.05) is 0 Å². The molecule has 0 aliphatic rings. The zero-order chi connectivity index (χ0) is 15.3. The average Bonchev–Trinajstić information content (AvgIpc) is 2.43. The van der Waals surface area contributed by atoms with Gasteiger partial charge in [0.25, 0.3) is 5.91 Å². The highest BCUT2D eigenvalue weighted by Crippen LogP contribution is 2.21. The van der Waals surface area contributed by atoms with Crippen molar-refractivity contribution in [2.75, 3.05) is 33.5 Å². The molecule has 1 amide bonds. The monoisotopic (exact) mass is 283 g/mol. The van der Waals surface area contributed by atoms with Gasteiger partial charge in [-0.3, -0.25) is 9.69 Å². The number of anilines is 1. The Kier molecular flexibility index (Phi) is 5.75. The van der Waals surface area contributed by atoms with E-state index in [9.17, 15) is 15.0 Å². The molecule has 2 atom stereocenters. The minimum absolute atomic E-state index is 0.0646. The molecule has 0 spiro atoms. The maximum absolute atomic E-state index is 11.9. The van der Waals surface area contributed by atoms with Crippen molar-refractivity contribution in [3.05, 3.63) is 23.8 Å². The number of hydrogen-bond acceptors (Lipinski definition) is 6. The van der Waals surface area contributed by atoms with E-state index >= 15 is 0 Å². The molecule has 7 heteroatoms. The van der Waals surface area contributed by atoms with Crippen LogP contribution >= 0.6 is 0 Å². The van der Waals surface area contributed by atoms with E-state index < -0.39 is 12.3 Å². The van der Waals surface area contributed by atoms with Crippen molar-refractivity contribution < 1.29 is 19.7 Å². The molecule has 0 aliphatic carbocycles. The Balaban J connectivity index is 2.63. The van der Waals surface area contributed by atoms with Gasteiger partial charge < -0.3 is 26.0 Å². The van der Waals surface area contributed by atoms with Crippen molar-refractivity contribution >= 4 is 11.6 Å². The molecule has 0 aliphatic heterocycles. The molecule has 1 rings (SSSR count). The van der Waals surface area contributed by atoms with Crippen molar-refractivity contribution in [3.63, 3.8) is 0 Å². The van der Waals surface area contributed by atoms with Gasteiger partial charge >= 0.3 is 0 Å². The second-order valence-corrected chi connectivity index (χ2v) is 4.61. The first-order chi connectivity index (χ1) is 9.36. The van der Waals surface area contributed by atoms with E-state index in [1.165, 1.54) is 18.1 Å². The highest BCUT2D eigenvalue weighted by atomic mass is 16.5. The standard InChI is InChI=1S/C13H21N3O4/c1-16(2)13(19)10(17)7-15-12(18)8-4-5-9(14)11(6-8)20-3/h4-6,10,13,17,19H,7,14H2,1-3H3,(H,15,18)/t10-,13?/m0/s1. The molecule has 0 saturated heterocycles. The second kappa shape index (κ2) is 7.09. The van der Waals surface area contributed by atoms with Gasteiger partial charge in [-0.25, -0.2) is 0 Å². The maximum atomic E-state index is 11.9. The maximum Gasteiger partial charge on any atom is 0.251 e. The molecule has 1 aromatic rings. The summed E-state index contributed by atoms with van der Waals surface area (Å²) in [5.41, 5.74) is 6.46. The summed E-state index contributed by atoms with van der Waals surface area (Å²) in [4.78, 5) is 13.4. The molecule has 112 valence electrons. The molecule has 5 N–H and O–H groups in total. The fourth-order valence-electron chi connectivity index (χ4n) is 1.60.